The molecule has 0 amide bonds. The first-order valence-electron chi connectivity index (χ1n) is 6.87. The van der Waals surface area contributed by atoms with E-state index in [9.17, 15) is 26.3 Å². The second-order valence-electron chi connectivity index (χ2n) is 4.97. The van der Waals surface area contributed by atoms with Gasteiger partial charge in [-0.3, -0.25) is 0 Å². The summed E-state index contributed by atoms with van der Waals surface area (Å²) in [6, 6.07) is 3.91. The van der Waals surface area contributed by atoms with Gasteiger partial charge in [0.05, 0.1) is 5.52 Å². The number of carbonyl (C=O) groups is 2. The molecule has 0 bridgehead atoms. The van der Waals surface area contributed by atoms with Crippen LogP contribution in [0.4, 0.5) is 38.1 Å². The first kappa shape index (κ1) is 24.7. The lowest BCUT2D eigenvalue weighted by atomic mass is 10.0. The molecule has 6 N–H and O–H groups in total. The van der Waals surface area contributed by atoms with Crippen molar-refractivity contribution in [2.24, 2.45) is 0 Å². The number of halogens is 6. The summed E-state index contributed by atoms with van der Waals surface area (Å²) in [6.45, 7) is 4.04. The number of fused-ring (bicyclic) bond motifs is 1. The molecule has 0 aliphatic heterocycles. The van der Waals surface area contributed by atoms with Crippen LogP contribution in [0.3, 0.4) is 0 Å². The van der Waals surface area contributed by atoms with Crippen LogP contribution in [0.15, 0.2) is 12.1 Å². The average Bonchev–Trinajstić information content (AvgIpc) is 2.49. The molecular weight excluding hydrogens is 402 g/mol. The maximum Gasteiger partial charge on any atom is 0.490 e. The molecule has 0 saturated carbocycles. The average molecular weight is 416 g/mol. The van der Waals surface area contributed by atoms with Gasteiger partial charge >= 0.3 is 24.3 Å². The van der Waals surface area contributed by atoms with Gasteiger partial charge in [-0.15, -0.1) is 0 Å². The van der Waals surface area contributed by atoms with Crippen molar-refractivity contribution in [1.29, 1.82) is 0 Å². The Morgan fingerprint density at radius 3 is 1.64 bits per heavy atom. The van der Waals surface area contributed by atoms with Crippen LogP contribution >= 0.6 is 0 Å². The molecule has 0 saturated heterocycles. The summed E-state index contributed by atoms with van der Waals surface area (Å²) in [5.74, 6) is -4.84. The maximum absolute atomic E-state index is 10.6. The molecule has 156 valence electrons. The van der Waals surface area contributed by atoms with Crippen LogP contribution < -0.4 is 11.5 Å². The minimum absolute atomic E-state index is 0.221. The third kappa shape index (κ3) is 7.51. The molecular formula is C14H14F6N4O4. The highest BCUT2D eigenvalue weighted by Gasteiger charge is 2.38. The summed E-state index contributed by atoms with van der Waals surface area (Å²) in [7, 11) is 0. The van der Waals surface area contributed by atoms with E-state index in [1.54, 1.807) is 0 Å². The van der Waals surface area contributed by atoms with Gasteiger partial charge in [-0.05, 0) is 31.0 Å². The first-order chi connectivity index (χ1) is 12.5. The van der Waals surface area contributed by atoms with E-state index in [1.807, 2.05) is 26.0 Å². The second-order valence-corrected chi connectivity index (χ2v) is 4.97. The number of nitrogens with zero attached hydrogens (tertiary/aromatic N) is 2. The number of hydrogen-bond donors (Lipinski definition) is 4. The number of aliphatic carboxylic acids is 2. The molecule has 0 spiro atoms. The van der Waals surface area contributed by atoms with Gasteiger partial charge in [0, 0.05) is 5.39 Å². The molecule has 14 heteroatoms. The van der Waals surface area contributed by atoms with E-state index < -0.39 is 24.3 Å². The van der Waals surface area contributed by atoms with E-state index in [2.05, 4.69) is 9.97 Å². The number of benzene rings is 1. The molecule has 28 heavy (non-hydrogen) atoms. The minimum Gasteiger partial charge on any atom is -0.475 e. The van der Waals surface area contributed by atoms with E-state index >= 15 is 0 Å². The van der Waals surface area contributed by atoms with Gasteiger partial charge in [0.15, 0.2) is 0 Å². The smallest absolute Gasteiger partial charge is 0.475 e. The maximum atomic E-state index is 10.6. The largest absolute Gasteiger partial charge is 0.490 e. The summed E-state index contributed by atoms with van der Waals surface area (Å²) in [5, 5.41) is 15.2. The van der Waals surface area contributed by atoms with Crippen LogP contribution in [-0.4, -0.2) is 44.5 Å². The number of nitrogen functional groups attached to an aromatic ring is 2. The van der Waals surface area contributed by atoms with Crippen LogP contribution in [0.25, 0.3) is 10.9 Å². The summed E-state index contributed by atoms with van der Waals surface area (Å²) in [5.41, 5.74) is 14.4. The van der Waals surface area contributed by atoms with Gasteiger partial charge < -0.3 is 21.7 Å². The third-order valence-corrected chi connectivity index (χ3v) is 2.92. The van der Waals surface area contributed by atoms with Crippen LogP contribution in [0.5, 0.6) is 0 Å². The summed E-state index contributed by atoms with van der Waals surface area (Å²) < 4.78 is 63.5. The number of nitrogens with two attached hydrogens (primary N) is 2. The summed E-state index contributed by atoms with van der Waals surface area (Å²) >= 11 is 0. The quantitative estimate of drug-likeness (QED) is 0.478. The van der Waals surface area contributed by atoms with Crippen LogP contribution in [0, 0.1) is 13.8 Å². The van der Waals surface area contributed by atoms with E-state index in [0.29, 0.717) is 5.82 Å². The number of alkyl halides is 6. The fraction of sp³-hybridized carbons (Fsp3) is 0.286. The van der Waals surface area contributed by atoms with Crippen LogP contribution in [-0.2, 0) is 9.59 Å². The number of anilines is 2. The number of hydrogen-bond acceptors (Lipinski definition) is 6. The lowest BCUT2D eigenvalue weighted by Crippen LogP contribution is -2.21. The number of carboxylic acid groups (broad SMARTS) is 2. The summed E-state index contributed by atoms with van der Waals surface area (Å²) in [4.78, 5) is 25.9. The zero-order valence-corrected chi connectivity index (χ0v) is 14.2. The lowest BCUT2D eigenvalue weighted by molar-refractivity contribution is -0.193. The molecule has 1 aromatic heterocycles. The fourth-order valence-electron chi connectivity index (χ4n) is 1.55. The Hall–Kier alpha value is -3.32. The highest BCUT2D eigenvalue weighted by Crippen LogP contribution is 2.24. The summed E-state index contributed by atoms with van der Waals surface area (Å²) in [6.07, 6.45) is -10.2. The number of rotatable bonds is 0. The van der Waals surface area contributed by atoms with Crippen molar-refractivity contribution < 1.29 is 46.1 Å². The van der Waals surface area contributed by atoms with Crippen LogP contribution in [0.2, 0.25) is 0 Å². The Morgan fingerprint density at radius 1 is 0.893 bits per heavy atom. The van der Waals surface area contributed by atoms with Crippen LogP contribution in [0.1, 0.15) is 11.1 Å². The van der Waals surface area contributed by atoms with Crippen molar-refractivity contribution >= 4 is 34.6 Å². The lowest BCUT2D eigenvalue weighted by Gasteiger charge is -2.07. The van der Waals surface area contributed by atoms with Crippen molar-refractivity contribution in [3.63, 3.8) is 0 Å². The van der Waals surface area contributed by atoms with Crippen molar-refractivity contribution in [2.45, 2.75) is 26.2 Å². The predicted octanol–water partition coefficient (Wildman–Crippen LogP) is 2.68. The number of carboxylic acids is 2. The second kappa shape index (κ2) is 9.05. The van der Waals surface area contributed by atoms with Gasteiger partial charge in [0.2, 0.25) is 5.95 Å². The van der Waals surface area contributed by atoms with E-state index in [-0.39, 0.29) is 5.95 Å². The van der Waals surface area contributed by atoms with Crippen molar-refractivity contribution in [2.75, 3.05) is 11.5 Å². The fourth-order valence-corrected chi connectivity index (χ4v) is 1.55. The van der Waals surface area contributed by atoms with Crippen molar-refractivity contribution in [3.8, 4) is 0 Å². The first-order valence-corrected chi connectivity index (χ1v) is 6.87. The van der Waals surface area contributed by atoms with Gasteiger partial charge in [0.1, 0.15) is 5.82 Å². The molecule has 0 atom stereocenters. The SMILES string of the molecule is Cc1ccc2nc(N)nc(N)c2c1C.O=C(O)C(F)(F)F.O=C(O)C(F)(F)F. The molecule has 0 fully saturated rings. The standard InChI is InChI=1S/C10H12N4.2C2HF3O2/c1-5-3-4-7-8(6(5)2)9(11)14-10(12)13-7;2*3-2(4,5)1(6)7/h3-4H,1-2H3,(H4,11,12,13,14);2*(H,6,7). The van der Waals surface area contributed by atoms with Crippen molar-refractivity contribution in [1.82, 2.24) is 9.97 Å². The highest BCUT2D eigenvalue weighted by molar-refractivity contribution is 5.92. The molecule has 0 aliphatic carbocycles. The Morgan fingerprint density at radius 2 is 1.29 bits per heavy atom. The molecule has 8 nitrogen and oxygen atoms in total. The number of aromatic nitrogens is 2. The molecule has 0 unspecified atom stereocenters. The highest BCUT2D eigenvalue weighted by atomic mass is 19.4. The van der Waals surface area contributed by atoms with Gasteiger partial charge in [0.25, 0.3) is 0 Å². The Bertz CT molecular complexity index is 844. The van der Waals surface area contributed by atoms with Gasteiger partial charge in [-0.2, -0.15) is 31.3 Å². The Labute approximate surface area is 152 Å². The predicted molar refractivity (Wildman–Crippen MR) is 85.2 cm³/mol. The third-order valence-electron chi connectivity index (χ3n) is 2.92. The van der Waals surface area contributed by atoms with Gasteiger partial charge in [-0.1, -0.05) is 6.07 Å². The molecule has 2 aromatic rings. The molecule has 1 heterocycles. The Balaban J connectivity index is 0.000000444. The van der Waals surface area contributed by atoms with E-state index in [0.717, 1.165) is 16.5 Å². The normalized spacial score (nSPS) is 11.0. The van der Waals surface area contributed by atoms with E-state index in [1.165, 1.54) is 5.56 Å². The molecule has 0 aliphatic rings. The number of aryl methyl sites for hydroxylation is 2. The monoisotopic (exact) mass is 416 g/mol. The molecule has 0 radical (unpaired) electrons. The van der Waals surface area contributed by atoms with Gasteiger partial charge in [-0.25, -0.2) is 14.6 Å². The Kier molecular flexibility index (Phi) is 7.98. The molecule has 2 rings (SSSR count). The topological polar surface area (TPSA) is 152 Å². The zero-order valence-electron chi connectivity index (χ0n) is 14.2. The minimum atomic E-state index is -5.08. The van der Waals surface area contributed by atoms with Crippen molar-refractivity contribution in [3.05, 3.63) is 23.3 Å². The van der Waals surface area contributed by atoms with E-state index in [4.69, 9.17) is 31.3 Å². The molecule has 1 aromatic carbocycles. The zero-order chi connectivity index (χ0) is 22.4.